The van der Waals surface area contributed by atoms with E-state index in [1.807, 2.05) is 5.38 Å². The van der Waals surface area contributed by atoms with Crippen LogP contribution in [0.3, 0.4) is 0 Å². The second-order valence-electron chi connectivity index (χ2n) is 3.24. The fourth-order valence-corrected chi connectivity index (χ4v) is 1.95. The summed E-state index contributed by atoms with van der Waals surface area (Å²) < 4.78 is 0. The highest BCUT2D eigenvalue weighted by atomic mass is 32.1. The molecule has 0 atom stereocenters. The van der Waals surface area contributed by atoms with Crippen LogP contribution in [0.2, 0.25) is 0 Å². The van der Waals surface area contributed by atoms with Crippen molar-refractivity contribution in [2.45, 2.75) is 0 Å². The zero-order valence-corrected chi connectivity index (χ0v) is 9.44. The highest BCUT2D eigenvalue weighted by molar-refractivity contribution is 7.08. The van der Waals surface area contributed by atoms with Gasteiger partial charge in [0.1, 0.15) is 5.56 Å². The van der Waals surface area contributed by atoms with E-state index in [2.05, 4.69) is 5.32 Å². The molecule has 0 saturated heterocycles. The van der Waals surface area contributed by atoms with E-state index in [0.717, 1.165) is 0 Å². The molecule has 17 heavy (non-hydrogen) atoms. The van der Waals surface area contributed by atoms with Crippen LogP contribution in [0.5, 0.6) is 0 Å². The summed E-state index contributed by atoms with van der Waals surface area (Å²) in [5.41, 5.74) is 0.502. The number of nitro groups is 1. The summed E-state index contributed by atoms with van der Waals surface area (Å²) in [5, 5.41) is 16.9. The minimum Gasteiger partial charge on any atom is -0.321 e. The number of amides is 1. The summed E-state index contributed by atoms with van der Waals surface area (Å²) in [6.45, 7) is 0. The second kappa shape index (κ2) is 4.75. The van der Waals surface area contributed by atoms with Gasteiger partial charge in [-0.15, -0.1) is 0 Å². The number of nitrogens with one attached hydrogen (secondary N) is 1. The molecule has 0 aliphatic carbocycles. The molecule has 0 saturated carbocycles. The van der Waals surface area contributed by atoms with Crippen molar-refractivity contribution >= 4 is 28.6 Å². The van der Waals surface area contributed by atoms with Crippen molar-refractivity contribution in [3.05, 3.63) is 56.8 Å². The molecule has 6 heteroatoms. The number of hydrogen-bond acceptors (Lipinski definition) is 4. The first-order valence-corrected chi connectivity index (χ1v) is 5.70. The lowest BCUT2D eigenvalue weighted by Crippen LogP contribution is -2.13. The predicted molar refractivity (Wildman–Crippen MR) is 65.4 cm³/mol. The molecule has 1 N–H and O–H groups in total. The average Bonchev–Trinajstić information content (AvgIpc) is 2.81. The first kappa shape index (κ1) is 11.3. The van der Waals surface area contributed by atoms with Crippen molar-refractivity contribution in [3.8, 4) is 0 Å². The van der Waals surface area contributed by atoms with Crippen molar-refractivity contribution < 1.29 is 9.72 Å². The molecule has 0 unspecified atom stereocenters. The van der Waals surface area contributed by atoms with Crippen molar-refractivity contribution in [1.29, 1.82) is 0 Å². The van der Waals surface area contributed by atoms with Crippen molar-refractivity contribution in [2.24, 2.45) is 0 Å². The fraction of sp³-hybridized carbons (Fsp3) is 0. The van der Waals surface area contributed by atoms with E-state index in [0.29, 0.717) is 5.69 Å². The highest BCUT2D eigenvalue weighted by Gasteiger charge is 2.18. The Kier molecular flexibility index (Phi) is 3.15. The molecule has 1 amide bonds. The molecule has 1 heterocycles. The Hall–Kier alpha value is -2.21. The van der Waals surface area contributed by atoms with Gasteiger partial charge < -0.3 is 5.32 Å². The van der Waals surface area contributed by atoms with Crippen molar-refractivity contribution in [3.63, 3.8) is 0 Å². The molecule has 0 spiro atoms. The van der Waals surface area contributed by atoms with Gasteiger partial charge in [-0.2, -0.15) is 11.3 Å². The Balaban J connectivity index is 2.28. The summed E-state index contributed by atoms with van der Waals surface area (Å²) in [6, 6.07) is 7.59. The SMILES string of the molecule is O=C(Nc1ccsc1)c1ccccc1[N+](=O)[O-]. The first-order valence-electron chi connectivity index (χ1n) is 4.75. The topological polar surface area (TPSA) is 72.2 Å². The summed E-state index contributed by atoms with van der Waals surface area (Å²) in [7, 11) is 0. The molecular weight excluding hydrogens is 240 g/mol. The molecule has 0 aliphatic heterocycles. The van der Waals surface area contributed by atoms with Crippen LogP contribution in [-0.2, 0) is 0 Å². The largest absolute Gasteiger partial charge is 0.321 e. The lowest BCUT2D eigenvalue weighted by Gasteiger charge is -2.03. The summed E-state index contributed by atoms with van der Waals surface area (Å²) >= 11 is 1.44. The normalized spacial score (nSPS) is 9.88. The quantitative estimate of drug-likeness (QED) is 0.670. The number of nitro benzene ring substituents is 1. The third-order valence-corrected chi connectivity index (χ3v) is 2.81. The minimum atomic E-state index is -0.567. The third kappa shape index (κ3) is 2.48. The summed E-state index contributed by atoms with van der Waals surface area (Å²) in [4.78, 5) is 22.0. The van der Waals surface area contributed by atoms with Gasteiger partial charge in [-0.05, 0) is 17.5 Å². The Morgan fingerprint density at radius 2 is 2.06 bits per heavy atom. The smallest absolute Gasteiger partial charge is 0.282 e. The van der Waals surface area contributed by atoms with Crippen LogP contribution in [-0.4, -0.2) is 10.8 Å². The molecule has 5 nitrogen and oxygen atoms in total. The van der Waals surface area contributed by atoms with Crippen LogP contribution >= 0.6 is 11.3 Å². The number of nitrogens with zero attached hydrogens (tertiary/aromatic N) is 1. The van der Waals surface area contributed by atoms with Gasteiger partial charge in [-0.1, -0.05) is 12.1 Å². The van der Waals surface area contributed by atoms with Crippen molar-refractivity contribution in [2.75, 3.05) is 5.32 Å². The lowest BCUT2D eigenvalue weighted by molar-refractivity contribution is -0.385. The van der Waals surface area contributed by atoms with E-state index in [9.17, 15) is 14.9 Å². The third-order valence-electron chi connectivity index (χ3n) is 2.12. The second-order valence-corrected chi connectivity index (χ2v) is 4.02. The molecule has 0 aliphatic rings. The van der Waals surface area contributed by atoms with E-state index in [-0.39, 0.29) is 11.3 Å². The number of benzene rings is 1. The van der Waals surface area contributed by atoms with E-state index in [1.54, 1.807) is 17.5 Å². The number of hydrogen-bond donors (Lipinski definition) is 1. The lowest BCUT2D eigenvalue weighted by atomic mass is 10.1. The molecule has 2 aromatic rings. The van der Waals surface area contributed by atoms with Crippen LogP contribution in [0.15, 0.2) is 41.1 Å². The van der Waals surface area contributed by atoms with Gasteiger partial charge in [0, 0.05) is 11.4 Å². The van der Waals surface area contributed by atoms with Gasteiger partial charge >= 0.3 is 0 Å². The molecule has 2 rings (SSSR count). The number of anilines is 1. The molecule has 1 aromatic carbocycles. The molecule has 0 bridgehead atoms. The van der Waals surface area contributed by atoms with Crippen LogP contribution in [0.4, 0.5) is 11.4 Å². The Morgan fingerprint density at radius 3 is 2.71 bits per heavy atom. The molecule has 0 fully saturated rings. The van der Waals surface area contributed by atoms with E-state index in [1.165, 1.54) is 29.5 Å². The van der Waals surface area contributed by atoms with Gasteiger partial charge in [0.2, 0.25) is 0 Å². The number of carbonyl (C=O) groups is 1. The first-order chi connectivity index (χ1) is 8.18. The minimum absolute atomic E-state index is 0.0590. The Morgan fingerprint density at radius 1 is 1.29 bits per heavy atom. The number of para-hydroxylation sites is 1. The molecule has 0 radical (unpaired) electrons. The van der Waals surface area contributed by atoms with E-state index in [4.69, 9.17) is 0 Å². The Labute approximate surface area is 101 Å². The predicted octanol–water partition coefficient (Wildman–Crippen LogP) is 2.91. The standard InChI is InChI=1S/C11H8N2O3S/c14-11(12-8-5-6-17-7-8)9-3-1-2-4-10(9)13(15)16/h1-7H,(H,12,14). The van der Waals surface area contributed by atoms with Crippen LogP contribution < -0.4 is 5.32 Å². The zero-order valence-electron chi connectivity index (χ0n) is 8.62. The zero-order chi connectivity index (χ0) is 12.3. The maximum Gasteiger partial charge on any atom is 0.282 e. The number of thiophene rings is 1. The summed E-state index contributed by atoms with van der Waals surface area (Å²) in [6.07, 6.45) is 0. The van der Waals surface area contributed by atoms with Gasteiger partial charge in [0.15, 0.2) is 0 Å². The summed E-state index contributed by atoms with van der Waals surface area (Å²) in [5.74, 6) is -0.476. The van der Waals surface area contributed by atoms with Gasteiger partial charge in [-0.25, -0.2) is 0 Å². The molecular formula is C11H8N2O3S. The fourth-order valence-electron chi connectivity index (χ4n) is 1.36. The Bertz CT molecular complexity index is 552. The molecule has 1 aromatic heterocycles. The van der Waals surface area contributed by atoms with E-state index >= 15 is 0 Å². The van der Waals surface area contributed by atoms with Gasteiger partial charge in [0.25, 0.3) is 11.6 Å². The van der Waals surface area contributed by atoms with Crippen LogP contribution in [0.1, 0.15) is 10.4 Å². The maximum atomic E-state index is 11.8. The number of carbonyl (C=O) groups excluding carboxylic acids is 1. The highest BCUT2D eigenvalue weighted by Crippen LogP contribution is 2.20. The number of rotatable bonds is 3. The molecule has 86 valence electrons. The monoisotopic (exact) mass is 248 g/mol. The van der Waals surface area contributed by atoms with Crippen LogP contribution in [0, 0.1) is 10.1 Å². The van der Waals surface area contributed by atoms with Gasteiger partial charge in [-0.3, -0.25) is 14.9 Å². The van der Waals surface area contributed by atoms with Crippen LogP contribution in [0.25, 0.3) is 0 Å². The average molecular weight is 248 g/mol. The maximum absolute atomic E-state index is 11.8. The van der Waals surface area contributed by atoms with Gasteiger partial charge in [0.05, 0.1) is 10.6 Å². The van der Waals surface area contributed by atoms with E-state index < -0.39 is 10.8 Å². The van der Waals surface area contributed by atoms with Crippen molar-refractivity contribution in [1.82, 2.24) is 0 Å².